The minimum atomic E-state index is 0.270. The normalized spacial score (nSPS) is 10.6. The summed E-state index contributed by atoms with van der Waals surface area (Å²) in [6, 6.07) is 15.2. The molecule has 17 heavy (non-hydrogen) atoms. The number of aromatic nitrogens is 1. The molecule has 0 radical (unpaired) electrons. The van der Waals surface area contributed by atoms with E-state index in [-0.39, 0.29) is 5.75 Å². The van der Waals surface area contributed by atoms with Gasteiger partial charge in [0.2, 0.25) is 0 Å². The van der Waals surface area contributed by atoms with E-state index >= 15 is 0 Å². The Labute approximate surface area is 98.7 Å². The fourth-order valence-corrected chi connectivity index (χ4v) is 1.87. The molecule has 0 aliphatic carbocycles. The number of H-pyrrole nitrogens is 1. The molecular formula is C14H12N2O. The first kappa shape index (κ1) is 9.78. The molecule has 0 spiro atoms. The molecule has 0 saturated carbocycles. The molecule has 0 atom stereocenters. The SMILES string of the molecule is Oc1ccc(Nc2[nH]cc3ccccc23)cc1. The molecule has 0 aliphatic heterocycles. The predicted octanol–water partition coefficient (Wildman–Crippen LogP) is 3.62. The Morgan fingerprint density at radius 3 is 2.53 bits per heavy atom. The molecule has 0 bridgehead atoms. The second-order valence-electron chi connectivity index (χ2n) is 3.92. The molecule has 3 heteroatoms. The van der Waals surface area contributed by atoms with E-state index in [1.165, 1.54) is 5.39 Å². The lowest BCUT2D eigenvalue weighted by Crippen LogP contribution is -1.89. The summed E-state index contributed by atoms with van der Waals surface area (Å²) in [5.74, 6) is 1.23. The van der Waals surface area contributed by atoms with Crippen molar-refractivity contribution in [3.05, 3.63) is 54.7 Å². The third kappa shape index (κ3) is 1.83. The fraction of sp³-hybridized carbons (Fsp3) is 0. The summed E-state index contributed by atoms with van der Waals surface area (Å²) in [4.78, 5) is 3.20. The summed E-state index contributed by atoms with van der Waals surface area (Å²) >= 11 is 0. The molecular weight excluding hydrogens is 212 g/mol. The average Bonchev–Trinajstić information content (AvgIpc) is 2.76. The molecule has 0 unspecified atom stereocenters. The Morgan fingerprint density at radius 2 is 1.71 bits per heavy atom. The highest BCUT2D eigenvalue weighted by Crippen LogP contribution is 2.25. The van der Waals surface area contributed by atoms with Gasteiger partial charge in [-0.3, -0.25) is 0 Å². The quantitative estimate of drug-likeness (QED) is 0.582. The van der Waals surface area contributed by atoms with E-state index in [1.807, 2.05) is 30.5 Å². The largest absolute Gasteiger partial charge is 0.508 e. The van der Waals surface area contributed by atoms with Crippen LogP contribution in [0.25, 0.3) is 10.8 Å². The summed E-state index contributed by atoms with van der Waals surface area (Å²) in [6.07, 6.45) is 1.97. The number of anilines is 2. The zero-order valence-corrected chi connectivity index (χ0v) is 9.14. The molecule has 3 aromatic rings. The van der Waals surface area contributed by atoms with Gasteiger partial charge in [0, 0.05) is 22.7 Å². The number of aromatic hydroxyl groups is 1. The molecule has 1 aromatic heterocycles. The van der Waals surface area contributed by atoms with Gasteiger partial charge < -0.3 is 15.4 Å². The number of hydrogen-bond acceptors (Lipinski definition) is 2. The molecule has 84 valence electrons. The van der Waals surface area contributed by atoms with Crippen LogP contribution >= 0.6 is 0 Å². The zero-order valence-electron chi connectivity index (χ0n) is 9.14. The number of hydrogen-bond donors (Lipinski definition) is 3. The van der Waals surface area contributed by atoms with E-state index in [2.05, 4.69) is 22.4 Å². The van der Waals surface area contributed by atoms with Crippen LogP contribution in [0.5, 0.6) is 5.75 Å². The lowest BCUT2D eigenvalue weighted by molar-refractivity contribution is 0.475. The second-order valence-corrected chi connectivity index (χ2v) is 3.92. The minimum absolute atomic E-state index is 0.270. The summed E-state index contributed by atoms with van der Waals surface area (Å²) in [6.45, 7) is 0. The number of rotatable bonds is 2. The number of benzene rings is 2. The predicted molar refractivity (Wildman–Crippen MR) is 69.7 cm³/mol. The number of aromatic amines is 1. The van der Waals surface area contributed by atoms with Gasteiger partial charge in [-0.25, -0.2) is 0 Å². The van der Waals surface area contributed by atoms with Crippen LogP contribution in [-0.2, 0) is 0 Å². The van der Waals surface area contributed by atoms with Crippen molar-refractivity contribution in [3.8, 4) is 5.75 Å². The fourth-order valence-electron chi connectivity index (χ4n) is 1.87. The second kappa shape index (κ2) is 3.87. The van der Waals surface area contributed by atoms with Crippen molar-refractivity contribution in [3.63, 3.8) is 0 Å². The van der Waals surface area contributed by atoms with Crippen molar-refractivity contribution in [2.45, 2.75) is 0 Å². The van der Waals surface area contributed by atoms with Gasteiger partial charge in [-0.05, 0) is 24.3 Å². The van der Waals surface area contributed by atoms with Crippen LogP contribution in [0.2, 0.25) is 0 Å². The Balaban J connectivity index is 1.97. The van der Waals surface area contributed by atoms with Gasteiger partial charge >= 0.3 is 0 Å². The van der Waals surface area contributed by atoms with Gasteiger partial charge in [0.25, 0.3) is 0 Å². The molecule has 2 aromatic carbocycles. The Kier molecular flexibility index (Phi) is 2.22. The lowest BCUT2D eigenvalue weighted by Gasteiger charge is -2.04. The van der Waals surface area contributed by atoms with Crippen molar-refractivity contribution in [1.82, 2.24) is 4.98 Å². The summed E-state index contributed by atoms with van der Waals surface area (Å²) in [7, 11) is 0. The molecule has 3 rings (SSSR count). The summed E-state index contributed by atoms with van der Waals surface area (Å²) < 4.78 is 0. The molecule has 0 saturated heterocycles. The maximum absolute atomic E-state index is 9.22. The molecule has 0 aliphatic rings. The van der Waals surface area contributed by atoms with E-state index in [0.29, 0.717) is 0 Å². The topological polar surface area (TPSA) is 48.0 Å². The monoisotopic (exact) mass is 224 g/mol. The highest BCUT2D eigenvalue weighted by atomic mass is 16.3. The molecule has 0 fully saturated rings. The van der Waals surface area contributed by atoms with E-state index in [0.717, 1.165) is 16.9 Å². The van der Waals surface area contributed by atoms with Crippen molar-refractivity contribution in [2.75, 3.05) is 5.32 Å². The van der Waals surface area contributed by atoms with Crippen LogP contribution < -0.4 is 5.32 Å². The van der Waals surface area contributed by atoms with Gasteiger partial charge in [-0.2, -0.15) is 0 Å². The van der Waals surface area contributed by atoms with Crippen LogP contribution in [-0.4, -0.2) is 10.1 Å². The summed E-state index contributed by atoms with van der Waals surface area (Å²) in [5.41, 5.74) is 0.940. The average molecular weight is 224 g/mol. The standard InChI is InChI=1S/C14H12N2O/c17-12-7-5-11(6-8-12)16-14-13-4-2-1-3-10(13)9-15-14/h1-9,15-17H. The van der Waals surface area contributed by atoms with Crippen LogP contribution in [0, 0.1) is 0 Å². The minimum Gasteiger partial charge on any atom is -0.508 e. The third-order valence-corrected chi connectivity index (χ3v) is 2.74. The van der Waals surface area contributed by atoms with E-state index < -0.39 is 0 Å². The van der Waals surface area contributed by atoms with Crippen LogP contribution in [0.3, 0.4) is 0 Å². The molecule has 0 amide bonds. The molecule has 3 N–H and O–H groups in total. The number of fused-ring (bicyclic) bond motifs is 1. The Hall–Kier alpha value is -2.42. The van der Waals surface area contributed by atoms with Crippen molar-refractivity contribution in [1.29, 1.82) is 0 Å². The molecule has 1 heterocycles. The first-order chi connectivity index (χ1) is 8.33. The highest BCUT2D eigenvalue weighted by molar-refractivity contribution is 5.94. The third-order valence-electron chi connectivity index (χ3n) is 2.74. The maximum Gasteiger partial charge on any atom is 0.115 e. The highest BCUT2D eigenvalue weighted by Gasteiger charge is 2.02. The first-order valence-electron chi connectivity index (χ1n) is 5.45. The Morgan fingerprint density at radius 1 is 0.941 bits per heavy atom. The van der Waals surface area contributed by atoms with Gasteiger partial charge in [-0.1, -0.05) is 24.3 Å². The number of nitrogens with one attached hydrogen (secondary N) is 2. The zero-order chi connectivity index (χ0) is 11.7. The maximum atomic E-state index is 9.22. The number of phenols is 1. The molecule has 3 nitrogen and oxygen atoms in total. The van der Waals surface area contributed by atoms with E-state index in [1.54, 1.807) is 12.1 Å². The number of phenolic OH excluding ortho intramolecular Hbond substituents is 1. The summed E-state index contributed by atoms with van der Waals surface area (Å²) in [5, 5.41) is 14.8. The van der Waals surface area contributed by atoms with E-state index in [4.69, 9.17) is 0 Å². The van der Waals surface area contributed by atoms with Crippen molar-refractivity contribution in [2.24, 2.45) is 0 Å². The Bertz CT molecular complexity index is 641. The van der Waals surface area contributed by atoms with Gasteiger partial charge in [0.05, 0.1) is 0 Å². The smallest absolute Gasteiger partial charge is 0.115 e. The van der Waals surface area contributed by atoms with Crippen molar-refractivity contribution >= 4 is 22.3 Å². The van der Waals surface area contributed by atoms with Crippen LogP contribution in [0.4, 0.5) is 11.5 Å². The van der Waals surface area contributed by atoms with Gasteiger partial charge in [-0.15, -0.1) is 0 Å². The first-order valence-corrected chi connectivity index (χ1v) is 5.45. The van der Waals surface area contributed by atoms with Crippen LogP contribution in [0.1, 0.15) is 0 Å². The lowest BCUT2D eigenvalue weighted by atomic mass is 10.2. The van der Waals surface area contributed by atoms with Crippen LogP contribution in [0.15, 0.2) is 54.7 Å². The van der Waals surface area contributed by atoms with Gasteiger partial charge in [0.1, 0.15) is 11.6 Å². The van der Waals surface area contributed by atoms with E-state index in [9.17, 15) is 5.11 Å². The van der Waals surface area contributed by atoms with Crippen molar-refractivity contribution < 1.29 is 5.11 Å². The van der Waals surface area contributed by atoms with Gasteiger partial charge in [0.15, 0.2) is 0 Å².